The Hall–Kier alpha value is -1.28. The molecule has 0 bridgehead atoms. The van der Waals surface area contributed by atoms with Gasteiger partial charge in [-0.1, -0.05) is 47.1 Å². The normalized spacial score (nSPS) is 23.4. The van der Waals surface area contributed by atoms with Crippen LogP contribution in [0.1, 0.15) is 5.56 Å². The predicted molar refractivity (Wildman–Crippen MR) is 110 cm³/mol. The SMILES string of the molecule is O=S1(=O)CC2N=C(SCc3ccc(F)cc3)N(c3cc(Cl)cc(Cl)c3)C2C1. The highest BCUT2D eigenvalue weighted by molar-refractivity contribution is 8.13. The molecule has 1 fully saturated rings. The van der Waals surface area contributed by atoms with E-state index in [2.05, 4.69) is 4.99 Å². The number of fused-ring (bicyclic) bond motifs is 1. The Morgan fingerprint density at radius 2 is 1.78 bits per heavy atom. The second-order valence-corrected chi connectivity index (χ2v) is 10.5. The first kappa shape index (κ1) is 19.1. The molecule has 0 N–H and O–H groups in total. The number of halogens is 3. The minimum Gasteiger partial charge on any atom is -0.315 e. The summed E-state index contributed by atoms with van der Waals surface area (Å²) in [6.07, 6.45) is 0. The summed E-state index contributed by atoms with van der Waals surface area (Å²) in [4.78, 5) is 6.58. The van der Waals surface area contributed by atoms with E-state index in [9.17, 15) is 12.8 Å². The van der Waals surface area contributed by atoms with Crippen molar-refractivity contribution >= 4 is 55.7 Å². The number of thioether (sulfide) groups is 1. The third-order valence-corrected chi connectivity index (χ3v) is 7.69. The van der Waals surface area contributed by atoms with Crippen molar-refractivity contribution in [3.63, 3.8) is 0 Å². The Balaban J connectivity index is 1.64. The summed E-state index contributed by atoms with van der Waals surface area (Å²) in [6.45, 7) is 0. The van der Waals surface area contributed by atoms with Crippen LogP contribution in [0.15, 0.2) is 47.5 Å². The van der Waals surface area contributed by atoms with Crippen molar-refractivity contribution in [2.75, 3.05) is 16.4 Å². The lowest BCUT2D eigenvalue weighted by Crippen LogP contribution is -2.39. The van der Waals surface area contributed by atoms with Crippen molar-refractivity contribution in [1.29, 1.82) is 0 Å². The molecule has 4 nitrogen and oxygen atoms in total. The number of aliphatic imine (C=N–C) groups is 1. The number of benzene rings is 2. The van der Waals surface area contributed by atoms with Gasteiger partial charge in [-0.15, -0.1) is 0 Å². The zero-order valence-electron chi connectivity index (χ0n) is 14.0. The molecule has 0 spiro atoms. The summed E-state index contributed by atoms with van der Waals surface area (Å²) in [5.41, 5.74) is 1.68. The number of rotatable bonds is 3. The lowest BCUT2D eigenvalue weighted by molar-refractivity contribution is 0.601. The van der Waals surface area contributed by atoms with Gasteiger partial charge in [0.1, 0.15) is 5.82 Å². The molecular weight excluding hydrogens is 430 g/mol. The highest BCUT2D eigenvalue weighted by atomic mass is 35.5. The van der Waals surface area contributed by atoms with Crippen LogP contribution in [0.25, 0.3) is 0 Å². The fourth-order valence-electron chi connectivity index (χ4n) is 3.34. The Kier molecular flexibility index (Phi) is 5.14. The first-order valence-electron chi connectivity index (χ1n) is 8.21. The number of nitrogens with zero attached hydrogens (tertiary/aromatic N) is 2. The molecular formula is C18H15Cl2FN2O2S2. The standard InChI is InChI=1S/C18H15Cl2FN2O2S2/c19-12-5-13(20)7-15(6-12)23-17-10-27(24,25)9-16(17)22-18(23)26-8-11-1-3-14(21)4-2-11/h1-7,16-17H,8-10H2. The Morgan fingerprint density at radius 1 is 1.11 bits per heavy atom. The van der Waals surface area contributed by atoms with Crippen LogP contribution in [-0.2, 0) is 15.6 Å². The second kappa shape index (κ2) is 7.28. The van der Waals surface area contributed by atoms with Crippen LogP contribution < -0.4 is 4.90 Å². The topological polar surface area (TPSA) is 49.7 Å². The zero-order chi connectivity index (χ0) is 19.2. The number of amidine groups is 1. The van der Waals surface area contributed by atoms with E-state index in [-0.39, 0.29) is 29.4 Å². The van der Waals surface area contributed by atoms with Crippen LogP contribution in [0.2, 0.25) is 10.0 Å². The van der Waals surface area contributed by atoms with E-state index in [1.165, 1.54) is 23.9 Å². The van der Waals surface area contributed by atoms with Gasteiger partial charge in [0.25, 0.3) is 0 Å². The largest absolute Gasteiger partial charge is 0.315 e. The molecule has 4 rings (SSSR count). The maximum absolute atomic E-state index is 13.1. The van der Waals surface area contributed by atoms with E-state index in [1.54, 1.807) is 30.3 Å². The first-order chi connectivity index (χ1) is 12.8. The van der Waals surface area contributed by atoms with Crippen molar-refractivity contribution in [3.05, 3.63) is 63.9 Å². The fourth-order valence-corrected chi connectivity index (χ4v) is 6.78. The summed E-state index contributed by atoms with van der Waals surface area (Å²) in [5.74, 6) is 0.405. The molecule has 0 saturated carbocycles. The van der Waals surface area contributed by atoms with Gasteiger partial charge in [0, 0.05) is 21.5 Å². The molecule has 0 aliphatic carbocycles. The van der Waals surface area contributed by atoms with Gasteiger partial charge >= 0.3 is 0 Å². The molecule has 9 heteroatoms. The van der Waals surface area contributed by atoms with Gasteiger partial charge in [-0.3, -0.25) is 4.99 Å². The van der Waals surface area contributed by atoms with E-state index >= 15 is 0 Å². The Bertz CT molecular complexity index is 992. The lowest BCUT2D eigenvalue weighted by atomic mass is 10.1. The Labute approximate surface area is 171 Å². The van der Waals surface area contributed by atoms with Crippen molar-refractivity contribution < 1.29 is 12.8 Å². The summed E-state index contributed by atoms with van der Waals surface area (Å²) in [7, 11) is -3.13. The molecule has 142 valence electrons. The first-order valence-corrected chi connectivity index (χ1v) is 11.8. The number of anilines is 1. The monoisotopic (exact) mass is 444 g/mol. The van der Waals surface area contributed by atoms with E-state index < -0.39 is 9.84 Å². The van der Waals surface area contributed by atoms with Gasteiger partial charge in [-0.05, 0) is 35.9 Å². The molecule has 2 unspecified atom stereocenters. The molecule has 2 aliphatic heterocycles. The van der Waals surface area contributed by atoms with Crippen LogP contribution in [0.4, 0.5) is 10.1 Å². The molecule has 0 radical (unpaired) electrons. The minimum atomic E-state index is -3.13. The lowest BCUT2D eigenvalue weighted by Gasteiger charge is -2.27. The smallest absolute Gasteiger partial charge is 0.164 e. The van der Waals surface area contributed by atoms with Crippen molar-refractivity contribution in [1.82, 2.24) is 0 Å². The zero-order valence-corrected chi connectivity index (χ0v) is 17.1. The number of sulfone groups is 1. The maximum atomic E-state index is 13.1. The van der Waals surface area contributed by atoms with Gasteiger partial charge < -0.3 is 4.90 Å². The molecule has 2 aromatic carbocycles. The van der Waals surface area contributed by atoms with E-state index in [0.717, 1.165) is 16.4 Å². The molecule has 1 saturated heterocycles. The van der Waals surface area contributed by atoms with E-state index in [1.807, 2.05) is 4.90 Å². The average molecular weight is 445 g/mol. The fraction of sp³-hybridized carbons (Fsp3) is 0.278. The molecule has 2 aromatic rings. The van der Waals surface area contributed by atoms with Crippen molar-refractivity contribution in [2.45, 2.75) is 17.8 Å². The minimum absolute atomic E-state index is 0.0447. The average Bonchev–Trinajstić information content (AvgIpc) is 3.04. The number of hydrogen-bond donors (Lipinski definition) is 0. The highest BCUT2D eigenvalue weighted by Gasteiger charge is 2.47. The van der Waals surface area contributed by atoms with Crippen LogP contribution in [0, 0.1) is 5.82 Å². The summed E-state index contributed by atoms with van der Waals surface area (Å²) < 4.78 is 37.3. The van der Waals surface area contributed by atoms with Gasteiger partial charge in [-0.25, -0.2) is 12.8 Å². The molecule has 2 atom stereocenters. The van der Waals surface area contributed by atoms with Crippen molar-refractivity contribution in [3.8, 4) is 0 Å². The van der Waals surface area contributed by atoms with Gasteiger partial charge in [-0.2, -0.15) is 0 Å². The predicted octanol–water partition coefficient (Wildman–Crippen LogP) is 4.41. The Morgan fingerprint density at radius 3 is 2.44 bits per heavy atom. The molecule has 2 heterocycles. The van der Waals surface area contributed by atoms with Gasteiger partial charge in [0.05, 0.1) is 23.6 Å². The maximum Gasteiger partial charge on any atom is 0.164 e. The third-order valence-electron chi connectivity index (χ3n) is 4.51. The molecule has 0 aromatic heterocycles. The summed E-state index contributed by atoms with van der Waals surface area (Å²) >= 11 is 13.8. The second-order valence-electron chi connectivity index (χ2n) is 6.54. The van der Waals surface area contributed by atoms with E-state index in [0.29, 0.717) is 15.8 Å². The van der Waals surface area contributed by atoms with Gasteiger partial charge in [0.2, 0.25) is 0 Å². The quantitative estimate of drug-likeness (QED) is 0.703. The molecule has 0 amide bonds. The van der Waals surface area contributed by atoms with Crippen LogP contribution >= 0.6 is 35.0 Å². The summed E-state index contributed by atoms with van der Waals surface area (Å²) in [6, 6.07) is 10.9. The van der Waals surface area contributed by atoms with Crippen LogP contribution in [0.3, 0.4) is 0 Å². The van der Waals surface area contributed by atoms with Crippen LogP contribution in [-0.4, -0.2) is 37.2 Å². The molecule has 2 aliphatic rings. The summed E-state index contributed by atoms with van der Waals surface area (Å²) in [5, 5.41) is 1.68. The number of hydrogen-bond acceptors (Lipinski definition) is 5. The van der Waals surface area contributed by atoms with E-state index in [4.69, 9.17) is 23.2 Å². The van der Waals surface area contributed by atoms with Crippen molar-refractivity contribution in [2.24, 2.45) is 4.99 Å². The third kappa shape index (κ3) is 4.11. The van der Waals surface area contributed by atoms with Crippen LogP contribution in [0.5, 0.6) is 0 Å². The van der Waals surface area contributed by atoms with Gasteiger partial charge in [0.15, 0.2) is 15.0 Å². The molecule has 27 heavy (non-hydrogen) atoms. The highest BCUT2D eigenvalue weighted by Crippen LogP contribution is 2.37.